The lowest BCUT2D eigenvalue weighted by atomic mass is 10.0. The molecule has 1 saturated carbocycles. The first-order valence-corrected chi connectivity index (χ1v) is 7.31. The zero-order valence-electron chi connectivity index (χ0n) is 11.9. The maximum Gasteiger partial charge on any atom is 0.225 e. The number of hydrogen-bond acceptors (Lipinski definition) is 3. The van der Waals surface area contributed by atoms with Crippen molar-refractivity contribution >= 4 is 5.91 Å². The lowest BCUT2D eigenvalue weighted by Crippen LogP contribution is -2.44. The van der Waals surface area contributed by atoms with Crippen molar-refractivity contribution in [1.29, 1.82) is 0 Å². The first kappa shape index (κ1) is 15.4. The quantitative estimate of drug-likeness (QED) is 0.673. The summed E-state index contributed by atoms with van der Waals surface area (Å²) in [5, 5.41) is 0. The Labute approximate surface area is 111 Å². The molecule has 4 nitrogen and oxygen atoms in total. The standard InChI is InChI=1S/C14H28N2O2/c1-3-9-18-10-8-14(17)16(4-2)13-7-5-6-12(13)11-15/h12-13H,3-11,15H2,1-2H3. The van der Waals surface area contributed by atoms with Crippen LogP contribution in [0.15, 0.2) is 0 Å². The fraction of sp³-hybridized carbons (Fsp3) is 0.929. The van der Waals surface area contributed by atoms with Gasteiger partial charge in [0.25, 0.3) is 0 Å². The van der Waals surface area contributed by atoms with Crippen molar-refractivity contribution in [2.75, 3.05) is 26.3 Å². The Hall–Kier alpha value is -0.610. The Bertz CT molecular complexity index is 246. The minimum atomic E-state index is 0.221. The molecule has 2 atom stereocenters. The number of hydrogen-bond donors (Lipinski definition) is 1. The van der Waals surface area contributed by atoms with Crippen molar-refractivity contribution in [3.63, 3.8) is 0 Å². The average molecular weight is 256 g/mol. The summed E-state index contributed by atoms with van der Waals surface area (Å²) in [6.07, 6.45) is 4.97. The van der Waals surface area contributed by atoms with Crippen molar-refractivity contribution < 1.29 is 9.53 Å². The van der Waals surface area contributed by atoms with Crippen LogP contribution in [-0.4, -0.2) is 43.2 Å². The van der Waals surface area contributed by atoms with E-state index in [1.54, 1.807) is 0 Å². The summed E-state index contributed by atoms with van der Waals surface area (Å²) >= 11 is 0. The highest BCUT2D eigenvalue weighted by atomic mass is 16.5. The van der Waals surface area contributed by atoms with E-state index >= 15 is 0 Å². The average Bonchev–Trinajstić information content (AvgIpc) is 2.84. The van der Waals surface area contributed by atoms with Gasteiger partial charge in [0.05, 0.1) is 13.0 Å². The summed E-state index contributed by atoms with van der Waals surface area (Å²) in [7, 11) is 0. The molecule has 4 heteroatoms. The molecule has 2 unspecified atom stereocenters. The third kappa shape index (κ3) is 4.25. The molecule has 0 heterocycles. The number of carbonyl (C=O) groups is 1. The molecule has 0 radical (unpaired) electrons. The molecule has 1 rings (SSSR count). The first-order valence-electron chi connectivity index (χ1n) is 7.31. The summed E-state index contributed by atoms with van der Waals surface area (Å²) in [6, 6.07) is 0.360. The van der Waals surface area contributed by atoms with Crippen LogP contribution in [0, 0.1) is 5.92 Å². The van der Waals surface area contributed by atoms with E-state index in [1.165, 1.54) is 6.42 Å². The largest absolute Gasteiger partial charge is 0.381 e. The third-order valence-electron chi connectivity index (χ3n) is 3.79. The van der Waals surface area contributed by atoms with E-state index in [-0.39, 0.29) is 5.91 Å². The molecular weight excluding hydrogens is 228 g/mol. The van der Waals surface area contributed by atoms with Gasteiger partial charge in [-0.3, -0.25) is 4.79 Å². The third-order valence-corrected chi connectivity index (χ3v) is 3.79. The lowest BCUT2D eigenvalue weighted by molar-refractivity contribution is -0.135. The van der Waals surface area contributed by atoms with E-state index in [0.717, 1.165) is 32.4 Å². The van der Waals surface area contributed by atoms with Gasteiger partial charge in [-0.05, 0) is 38.6 Å². The van der Waals surface area contributed by atoms with E-state index < -0.39 is 0 Å². The fourth-order valence-corrected chi connectivity index (χ4v) is 2.85. The van der Waals surface area contributed by atoms with Crippen LogP contribution in [-0.2, 0) is 9.53 Å². The summed E-state index contributed by atoms with van der Waals surface area (Å²) in [5.41, 5.74) is 5.79. The molecule has 1 aliphatic carbocycles. The minimum Gasteiger partial charge on any atom is -0.381 e. The Kier molecular flexibility index (Phi) is 7.28. The maximum absolute atomic E-state index is 12.2. The first-order chi connectivity index (χ1) is 8.74. The van der Waals surface area contributed by atoms with Gasteiger partial charge in [-0.25, -0.2) is 0 Å². The van der Waals surface area contributed by atoms with Crippen LogP contribution in [0.5, 0.6) is 0 Å². The van der Waals surface area contributed by atoms with Gasteiger partial charge in [-0.1, -0.05) is 13.3 Å². The second-order valence-electron chi connectivity index (χ2n) is 5.04. The smallest absolute Gasteiger partial charge is 0.225 e. The van der Waals surface area contributed by atoms with Crippen molar-refractivity contribution in [3.8, 4) is 0 Å². The van der Waals surface area contributed by atoms with Crippen LogP contribution >= 0.6 is 0 Å². The Morgan fingerprint density at radius 3 is 2.72 bits per heavy atom. The molecule has 1 amide bonds. The van der Waals surface area contributed by atoms with E-state index in [9.17, 15) is 4.79 Å². The number of ether oxygens (including phenoxy) is 1. The van der Waals surface area contributed by atoms with Crippen molar-refractivity contribution in [2.45, 2.75) is 52.0 Å². The fourth-order valence-electron chi connectivity index (χ4n) is 2.85. The molecule has 1 fully saturated rings. The molecule has 0 spiro atoms. The molecule has 0 aromatic carbocycles. The van der Waals surface area contributed by atoms with Crippen LogP contribution in [0.4, 0.5) is 0 Å². The molecule has 1 aliphatic rings. The van der Waals surface area contributed by atoms with Crippen LogP contribution in [0.3, 0.4) is 0 Å². The van der Waals surface area contributed by atoms with Crippen LogP contribution < -0.4 is 5.73 Å². The van der Waals surface area contributed by atoms with Gasteiger partial charge in [0.1, 0.15) is 0 Å². The zero-order valence-corrected chi connectivity index (χ0v) is 11.9. The topological polar surface area (TPSA) is 55.6 Å². The summed E-state index contributed by atoms with van der Waals surface area (Å²) < 4.78 is 5.39. The number of nitrogens with two attached hydrogens (primary N) is 1. The highest BCUT2D eigenvalue weighted by Crippen LogP contribution is 2.29. The van der Waals surface area contributed by atoms with E-state index in [4.69, 9.17) is 10.5 Å². The SMILES string of the molecule is CCCOCCC(=O)N(CC)C1CCCC1CN. The number of rotatable bonds is 8. The van der Waals surface area contributed by atoms with Gasteiger partial charge < -0.3 is 15.4 Å². The van der Waals surface area contributed by atoms with E-state index in [1.807, 2.05) is 4.90 Å². The summed E-state index contributed by atoms with van der Waals surface area (Å²) in [6.45, 7) is 6.90. The van der Waals surface area contributed by atoms with E-state index in [2.05, 4.69) is 13.8 Å². The normalized spacial score (nSPS) is 23.3. The summed E-state index contributed by atoms with van der Waals surface area (Å²) in [5.74, 6) is 0.712. The maximum atomic E-state index is 12.2. The highest BCUT2D eigenvalue weighted by molar-refractivity contribution is 5.76. The van der Waals surface area contributed by atoms with Gasteiger partial charge in [-0.2, -0.15) is 0 Å². The van der Waals surface area contributed by atoms with Crippen molar-refractivity contribution in [3.05, 3.63) is 0 Å². The Morgan fingerprint density at radius 2 is 2.11 bits per heavy atom. The van der Waals surface area contributed by atoms with Crippen LogP contribution in [0.25, 0.3) is 0 Å². The monoisotopic (exact) mass is 256 g/mol. The number of carbonyl (C=O) groups excluding carboxylic acids is 1. The lowest BCUT2D eigenvalue weighted by Gasteiger charge is -2.32. The molecule has 106 valence electrons. The molecule has 2 N–H and O–H groups in total. The van der Waals surface area contributed by atoms with Gasteiger partial charge >= 0.3 is 0 Å². The second-order valence-corrected chi connectivity index (χ2v) is 5.04. The summed E-state index contributed by atoms with van der Waals surface area (Å²) in [4.78, 5) is 14.2. The van der Waals surface area contributed by atoms with Gasteiger partial charge in [-0.15, -0.1) is 0 Å². The second kappa shape index (κ2) is 8.48. The predicted octanol–water partition coefficient (Wildman–Crippen LogP) is 1.78. The van der Waals surface area contributed by atoms with E-state index in [0.29, 0.717) is 31.5 Å². The Balaban J connectivity index is 2.41. The molecule has 0 aliphatic heterocycles. The Morgan fingerprint density at radius 1 is 1.33 bits per heavy atom. The molecule has 0 bridgehead atoms. The highest BCUT2D eigenvalue weighted by Gasteiger charge is 2.32. The van der Waals surface area contributed by atoms with Crippen molar-refractivity contribution in [1.82, 2.24) is 4.90 Å². The van der Waals surface area contributed by atoms with Gasteiger partial charge in [0.2, 0.25) is 5.91 Å². The van der Waals surface area contributed by atoms with Crippen LogP contribution in [0.2, 0.25) is 0 Å². The number of amides is 1. The van der Waals surface area contributed by atoms with Crippen molar-refractivity contribution in [2.24, 2.45) is 11.7 Å². The minimum absolute atomic E-state index is 0.221. The van der Waals surface area contributed by atoms with Crippen LogP contribution in [0.1, 0.15) is 46.0 Å². The van der Waals surface area contributed by atoms with Gasteiger partial charge in [0.15, 0.2) is 0 Å². The molecular formula is C14H28N2O2. The molecule has 0 aromatic rings. The van der Waals surface area contributed by atoms with Gasteiger partial charge in [0, 0.05) is 19.2 Å². The number of nitrogens with zero attached hydrogens (tertiary/aromatic N) is 1. The molecule has 0 aromatic heterocycles. The zero-order chi connectivity index (χ0) is 13.4. The molecule has 0 saturated heterocycles. The molecule has 18 heavy (non-hydrogen) atoms. The predicted molar refractivity (Wildman–Crippen MR) is 73.3 cm³/mol.